The van der Waals surface area contributed by atoms with Crippen molar-refractivity contribution in [3.8, 4) is 23.0 Å². The van der Waals surface area contributed by atoms with Crippen molar-refractivity contribution < 1.29 is 49.6 Å². The number of hydrogen-bond acceptors (Lipinski definition) is 10. The van der Waals surface area contributed by atoms with E-state index in [1.54, 1.807) is 12.1 Å². The highest BCUT2D eigenvalue weighted by atomic mass is 16.7. The molecule has 0 radical (unpaired) electrons. The van der Waals surface area contributed by atoms with Crippen LogP contribution in [0.15, 0.2) is 30.3 Å². The SMILES string of the molecule is Cc1c(O[C@@H]2O[C@@H](CO)[C@@H](O)[C@H](O)[C@H]2O)cc2c(c1O)C(=O)C[C@H](c1ccc(O)cc1)O2. The number of Topliss-reactive ketones (excluding diaryl/α,β-unsaturated/α-hetero) is 1. The first-order valence-corrected chi connectivity index (χ1v) is 10.0. The number of benzene rings is 2. The van der Waals surface area contributed by atoms with Crippen LogP contribution < -0.4 is 9.47 Å². The highest BCUT2D eigenvalue weighted by Crippen LogP contribution is 2.45. The van der Waals surface area contributed by atoms with Crippen molar-refractivity contribution in [3.63, 3.8) is 0 Å². The molecule has 2 heterocycles. The summed E-state index contributed by atoms with van der Waals surface area (Å²) in [5, 5.41) is 59.6. The molecular formula is C22H24O10. The van der Waals surface area contributed by atoms with E-state index < -0.39 is 43.4 Å². The maximum atomic E-state index is 12.7. The number of fused-ring (bicyclic) bond motifs is 1. The molecule has 172 valence electrons. The summed E-state index contributed by atoms with van der Waals surface area (Å²) < 4.78 is 16.9. The van der Waals surface area contributed by atoms with Crippen LogP contribution in [0.25, 0.3) is 0 Å². The number of ether oxygens (including phenoxy) is 3. The van der Waals surface area contributed by atoms with E-state index in [1.807, 2.05) is 0 Å². The van der Waals surface area contributed by atoms with E-state index in [0.29, 0.717) is 5.56 Å². The zero-order valence-electron chi connectivity index (χ0n) is 17.1. The number of phenols is 2. The molecule has 2 aromatic carbocycles. The third-order valence-electron chi connectivity index (χ3n) is 5.75. The average Bonchev–Trinajstić information content (AvgIpc) is 2.77. The third-order valence-corrected chi connectivity index (χ3v) is 5.75. The van der Waals surface area contributed by atoms with E-state index in [1.165, 1.54) is 25.1 Å². The van der Waals surface area contributed by atoms with Gasteiger partial charge in [0.2, 0.25) is 6.29 Å². The van der Waals surface area contributed by atoms with E-state index in [0.717, 1.165) is 0 Å². The number of aliphatic hydroxyl groups excluding tert-OH is 4. The van der Waals surface area contributed by atoms with Gasteiger partial charge in [0, 0.05) is 11.6 Å². The van der Waals surface area contributed by atoms with Crippen LogP contribution in [0.4, 0.5) is 0 Å². The Morgan fingerprint density at radius 3 is 2.41 bits per heavy atom. The molecule has 4 rings (SSSR count). The van der Waals surface area contributed by atoms with Crippen molar-refractivity contribution in [2.45, 2.75) is 50.2 Å². The molecule has 6 N–H and O–H groups in total. The summed E-state index contributed by atoms with van der Waals surface area (Å²) in [5.41, 5.74) is 0.831. The molecule has 0 aliphatic carbocycles. The smallest absolute Gasteiger partial charge is 0.229 e. The van der Waals surface area contributed by atoms with Crippen molar-refractivity contribution in [2.24, 2.45) is 0 Å². The Balaban J connectivity index is 1.64. The van der Waals surface area contributed by atoms with Crippen LogP contribution in [0.3, 0.4) is 0 Å². The normalized spacial score (nSPS) is 29.8. The molecule has 2 aliphatic heterocycles. The molecule has 0 spiro atoms. The van der Waals surface area contributed by atoms with Gasteiger partial charge in [-0.25, -0.2) is 0 Å². The second-order valence-corrected chi connectivity index (χ2v) is 7.86. The fourth-order valence-corrected chi connectivity index (χ4v) is 3.84. The minimum absolute atomic E-state index is 0.00122. The summed E-state index contributed by atoms with van der Waals surface area (Å²) in [7, 11) is 0. The van der Waals surface area contributed by atoms with Crippen LogP contribution in [0.2, 0.25) is 0 Å². The highest BCUT2D eigenvalue weighted by molar-refractivity contribution is 6.03. The quantitative estimate of drug-likeness (QED) is 0.383. The molecule has 32 heavy (non-hydrogen) atoms. The molecule has 0 aromatic heterocycles. The Morgan fingerprint density at radius 1 is 1.06 bits per heavy atom. The molecule has 10 heteroatoms. The van der Waals surface area contributed by atoms with Crippen LogP contribution in [0.5, 0.6) is 23.0 Å². The van der Waals surface area contributed by atoms with Crippen molar-refractivity contribution in [2.75, 3.05) is 6.61 Å². The van der Waals surface area contributed by atoms with Gasteiger partial charge in [0.15, 0.2) is 5.78 Å². The van der Waals surface area contributed by atoms with E-state index in [4.69, 9.17) is 14.2 Å². The third kappa shape index (κ3) is 3.87. The Hall–Kier alpha value is -2.89. The molecule has 1 fully saturated rings. The Bertz CT molecular complexity index is 1000. The minimum Gasteiger partial charge on any atom is -0.508 e. The molecule has 1 saturated heterocycles. The number of hydrogen-bond donors (Lipinski definition) is 6. The number of phenolic OH excluding ortho intramolecular Hbond substituents is 2. The van der Waals surface area contributed by atoms with Gasteiger partial charge in [0.25, 0.3) is 0 Å². The topological polar surface area (TPSA) is 166 Å². The van der Waals surface area contributed by atoms with Crippen molar-refractivity contribution in [1.82, 2.24) is 0 Å². The fraction of sp³-hybridized carbons (Fsp3) is 0.409. The summed E-state index contributed by atoms with van der Waals surface area (Å²) in [6.07, 6.45) is -8.11. The van der Waals surface area contributed by atoms with Gasteiger partial charge in [-0.15, -0.1) is 0 Å². The number of aromatic hydroxyl groups is 2. The second kappa shape index (κ2) is 8.57. The second-order valence-electron chi connectivity index (χ2n) is 7.86. The zero-order chi connectivity index (χ0) is 23.2. The molecule has 0 saturated carbocycles. The largest absolute Gasteiger partial charge is 0.508 e. The lowest BCUT2D eigenvalue weighted by Gasteiger charge is -2.39. The van der Waals surface area contributed by atoms with Gasteiger partial charge in [-0.2, -0.15) is 0 Å². The zero-order valence-corrected chi connectivity index (χ0v) is 17.1. The van der Waals surface area contributed by atoms with Crippen molar-refractivity contribution in [3.05, 3.63) is 47.0 Å². The maximum absolute atomic E-state index is 12.7. The molecule has 0 amide bonds. The molecule has 2 aliphatic rings. The van der Waals surface area contributed by atoms with Crippen molar-refractivity contribution in [1.29, 1.82) is 0 Å². The summed E-state index contributed by atoms with van der Waals surface area (Å²) >= 11 is 0. The summed E-state index contributed by atoms with van der Waals surface area (Å²) in [6, 6.07) is 7.56. The number of aliphatic hydroxyl groups is 4. The molecule has 2 aromatic rings. The Kier molecular flexibility index (Phi) is 5.97. The monoisotopic (exact) mass is 448 g/mol. The number of carbonyl (C=O) groups excluding carboxylic acids is 1. The summed E-state index contributed by atoms with van der Waals surface area (Å²) in [5.74, 6) is -0.549. The maximum Gasteiger partial charge on any atom is 0.229 e. The van der Waals surface area contributed by atoms with Gasteiger partial charge in [-0.05, 0) is 24.6 Å². The summed E-state index contributed by atoms with van der Waals surface area (Å²) in [6.45, 7) is 0.874. The predicted molar refractivity (Wildman–Crippen MR) is 108 cm³/mol. The van der Waals surface area contributed by atoms with Gasteiger partial charge in [-0.3, -0.25) is 4.79 Å². The highest BCUT2D eigenvalue weighted by Gasteiger charge is 2.45. The van der Waals surface area contributed by atoms with E-state index in [-0.39, 0.29) is 46.3 Å². The molecule has 6 atom stereocenters. The van der Waals surface area contributed by atoms with E-state index >= 15 is 0 Å². The average molecular weight is 448 g/mol. The number of carbonyl (C=O) groups is 1. The van der Waals surface area contributed by atoms with Gasteiger partial charge >= 0.3 is 0 Å². The minimum atomic E-state index is -1.64. The van der Waals surface area contributed by atoms with Gasteiger partial charge < -0.3 is 44.8 Å². The van der Waals surface area contributed by atoms with Gasteiger partial charge in [0.05, 0.1) is 13.0 Å². The Morgan fingerprint density at radius 2 is 1.75 bits per heavy atom. The first-order chi connectivity index (χ1) is 15.2. The fourth-order valence-electron chi connectivity index (χ4n) is 3.84. The van der Waals surface area contributed by atoms with Crippen LogP contribution in [0.1, 0.15) is 34.0 Å². The molecular weight excluding hydrogens is 424 g/mol. The van der Waals surface area contributed by atoms with E-state index in [2.05, 4.69) is 0 Å². The lowest BCUT2D eigenvalue weighted by molar-refractivity contribution is -0.277. The van der Waals surface area contributed by atoms with E-state index in [9.17, 15) is 35.4 Å². The lowest BCUT2D eigenvalue weighted by Crippen LogP contribution is -2.60. The van der Waals surface area contributed by atoms with Crippen LogP contribution in [0, 0.1) is 6.92 Å². The van der Waals surface area contributed by atoms with Crippen LogP contribution in [-0.2, 0) is 4.74 Å². The number of rotatable bonds is 4. The summed E-state index contributed by atoms with van der Waals surface area (Å²) in [4.78, 5) is 12.7. The lowest BCUT2D eigenvalue weighted by atomic mass is 9.94. The van der Waals surface area contributed by atoms with Crippen LogP contribution in [-0.4, -0.2) is 73.7 Å². The molecule has 0 unspecified atom stereocenters. The van der Waals surface area contributed by atoms with Crippen molar-refractivity contribution >= 4 is 5.78 Å². The molecule has 0 bridgehead atoms. The standard InChI is InChI=1S/C22H24O10/c1-9-13(31-22-21(29)20(28)19(27)16(8-23)32-22)7-15-17(18(9)26)12(25)6-14(30-15)10-2-4-11(24)5-3-10/h2-5,7,14,16,19-24,26-29H,6,8H2,1H3/t14-,16+,19-,20+,21-,22-/m1/s1. The first-order valence-electron chi connectivity index (χ1n) is 10.0. The Labute approximate surface area is 182 Å². The van der Waals surface area contributed by atoms with Gasteiger partial charge in [0.1, 0.15) is 59.1 Å². The first kappa shape index (κ1) is 22.3. The van der Waals surface area contributed by atoms with Gasteiger partial charge in [-0.1, -0.05) is 12.1 Å². The number of ketones is 1. The van der Waals surface area contributed by atoms with Crippen LogP contribution >= 0.6 is 0 Å². The molecule has 10 nitrogen and oxygen atoms in total. The predicted octanol–water partition coefficient (Wildman–Crippen LogP) is 0.291.